The molecule has 142 valence electrons. The Labute approximate surface area is 167 Å². The van der Waals surface area contributed by atoms with E-state index < -0.39 is 5.91 Å². The van der Waals surface area contributed by atoms with Gasteiger partial charge in [0.15, 0.2) is 5.84 Å². The van der Waals surface area contributed by atoms with Crippen LogP contribution in [-0.2, 0) is 4.79 Å². The zero-order valence-corrected chi connectivity index (χ0v) is 15.3. The van der Waals surface area contributed by atoms with Crippen molar-refractivity contribution in [3.8, 4) is 5.75 Å². The smallest absolute Gasteiger partial charge is 0.288 e. The summed E-state index contributed by atoms with van der Waals surface area (Å²) in [6.07, 6.45) is 1.60. The lowest BCUT2D eigenvalue weighted by atomic mass is 10.1. The van der Waals surface area contributed by atoms with E-state index in [0.717, 1.165) is 0 Å². The summed E-state index contributed by atoms with van der Waals surface area (Å²) in [7, 11) is 0. The summed E-state index contributed by atoms with van der Waals surface area (Å²) < 4.78 is 0. The topological polar surface area (TPSA) is 82.0 Å². The largest absolute Gasteiger partial charge is 0.508 e. The van der Waals surface area contributed by atoms with Crippen molar-refractivity contribution in [2.45, 2.75) is 0 Å². The molecule has 0 saturated carbocycles. The zero-order valence-electron chi connectivity index (χ0n) is 15.3. The van der Waals surface area contributed by atoms with Crippen molar-refractivity contribution in [1.29, 1.82) is 0 Å². The van der Waals surface area contributed by atoms with E-state index in [0.29, 0.717) is 22.5 Å². The van der Waals surface area contributed by atoms with Crippen LogP contribution < -0.4 is 5.43 Å². The van der Waals surface area contributed by atoms with Crippen LogP contribution in [0.25, 0.3) is 6.08 Å². The van der Waals surface area contributed by atoms with E-state index in [2.05, 4.69) is 10.4 Å². The van der Waals surface area contributed by atoms with E-state index in [-0.39, 0.29) is 17.4 Å². The lowest BCUT2D eigenvalue weighted by Gasteiger charge is -2.28. The number of amides is 2. The van der Waals surface area contributed by atoms with Crippen LogP contribution in [0.5, 0.6) is 5.75 Å². The molecule has 0 bridgehead atoms. The van der Waals surface area contributed by atoms with Gasteiger partial charge in [-0.05, 0) is 35.9 Å². The maximum atomic E-state index is 13.0. The number of carbonyl (C=O) groups excluding carboxylic acids is 2. The molecule has 0 unspecified atom stereocenters. The van der Waals surface area contributed by atoms with E-state index in [1.165, 1.54) is 17.1 Å². The van der Waals surface area contributed by atoms with Gasteiger partial charge in [-0.2, -0.15) is 5.01 Å². The lowest BCUT2D eigenvalue weighted by Crippen LogP contribution is -2.53. The van der Waals surface area contributed by atoms with Crippen molar-refractivity contribution < 1.29 is 14.7 Å². The Hall–Kier alpha value is -4.19. The van der Waals surface area contributed by atoms with Crippen molar-refractivity contribution in [1.82, 2.24) is 10.4 Å². The number of nitrogens with one attached hydrogen (secondary N) is 1. The van der Waals surface area contributed by atoms with Crippen LogP contribution in [0.15, 0.2) is 95.6 Å². The summed E-state index contributed by atoms with van der Waals surface area (Å²) in [5, 5.41) is 10.6. The fourth-order valence-corrected chi connectivity index (χ4v) is 2.89. The van der Waals surface area contributed by atoms with Crippen LogP contribution in [-0.4, -0.2) is 27.8 Å². The fourth-order valence-electron chi connectivity index (χ4n) is 2.89. The molecule has 0 aliphatic carbocycles. The molecule has 0 aromatic heterocycles. The van der Waals surface area contributed by atoms with Gasteiger partial charge in [-0.1, -0.05) is 60.7 Å². The highest BCUT2D eigenvalue weighted by molar-refractivity contribution is 6.18. The van der Waals surface area contributed by atoms with Gasteiger partial charge in [0.1, 0.15) is 11.4 Å². The molecule has 29 heavy (non-hydrogen) atoms. The van der Waals surface area contributed by atoms with E-state index >= 15 is 0 Å². The molecule has 6 heteroatoms. The van der Waals surface area contributed by atoms with Gasteiger partial charge in [0.05, 0.1) is 0 Å². The van der Waals surface area contributed by atoms with Crippen LogP contribution in [0.1, 0.15) is 21.5 Å². The van der Waals surface area contributed by atoms with Gasteiger partial charge in [-0.3, -0.25) is 15.0 Å². The van der Waals surface area contributed by atoms with Crippen molar-refractivity contribution in [3.05, 3.63) is 107 Å². The van der Waals surface area contributed by atoms with Gasteiger partial charge in [-0.25, -0.2) is 4.99 Å². The van der Waals surface area contributed by atoms with Gasteiger partial charge in [0.25, 0.3) is 11.8 Å². The maximum absolute atomic E-state index is 13.0. The van der Waals surface area contributed by atoms with Crippen molar-refractivity contribution >= 4 is 23.7 Å². The van der Waals surface area contributed by atoms with E-state index in [4.69, 9.17) is 0 Å². The third kappa shape index (κ3) is 3.91. The van der Waals surface area contributed by atoms with Crippen molar-refractivity contribution in [3.63, 3.8) is 0 Å². The SMILES string of the molecule is O=C1NN(C(=O)c2ccccc2)C(c2ccccc2)=N/C1=C/c1ccc(O)cc1. The number of hydrogen-bond donors (Lipinski definition) is 2. The normalized spacial score (nSPS) is 15.0. The molecular formula is C23H17N3O3. The second kappa shape index (κ2) is 7.82. The number of nitrogens with zero attached hydrogens (tertiary/aromatic N) is 2. The second-order valence-corrected chi connectivity index (χ2v) is 6.37. The molecule has 0 spiro atoms. The number of hydrazine groups is 1. The Kier molecular flexibility index (Phi) is 4.90. The van der Waals surface area contributed by atoms with Crippen LogP contribution in [0, 0.1) is 0 Å². The summed E-state index contributed by atoms with van der Waals surface area (Å²) in [5.74, 6) is -0.426. The summed E-state index contributed by atoms with van der Waals surface area (Å²) in [6, 6.07) is 24.3. The third-order valence-corrected chi connectivity index (χ3v) is 4.34. The van der Waals surface area contributed by atoms with Gasteiger partial charge >= 0.3 is 0 Å². The van der Waals surface area contributed by atoms with E-state index in [1.54, 1.807) is 42.5 Å². The fraction of sp³-hybridized carbons (Fsp3) is 0. The number of carbonyl (C=O) groups is 2. The molecule has 2 N–H and O–H groups in total. The number of rotatable bonds is 3. The first-order valence-electron chi connectivity index (χ1n) is 8.97. The summed E-state index contributed by atoms with van der Waals surface area (Å²) >= 11 is 0. The van der Waals surface area contributed by atoms with Gasteiger partial charge in [0, 0.05) is 11.1 Å². The molecule has 0 atom stereocenters. The molecule has 3 aromatic rings. The Bertz CT molecular complexity index is 1110. The predicted molar refractivity (Wildman–Crippen MR) is 110 cm³/mol. The Morgan fingerprint density at radius 2 is 1.52 bits per heavy atom. The standard InChI is InChI=1S/C23H17N3O3/c27-19-13-11-16(12-14-19)15-20-22(28)25-26(23(29)18-9-5-2-6-10-18)21(24-20)17-7-3-1-4-8-17/h1-15,27H,(H,25,28)/b20-15+. The Morgan fingerprint density at radius 1 is 0.897 bits per heavy atom. The first kappa shape index (κ1) is 18.2. The molecule has 0 fully saturated rings. The molecule has 1 aliphatic heterocycles. The van der Waals surface area contributed by atoms with E-state index in [9.17, 15) is 14.7 Å². The molecule has 6 nitrogen and oxygen atoms in total. The number of benzene rings is 3. The first-order chi connectivity index (χ1) is 14.1. The van der Waals surface area contributed by atoms with Crippen LogP contribution in [0.4, 0.5) is 0 Å². The van der Waals surface area contributed by atoms with Gasteiger partial charge in [0.2, 0.25) is 0 Å². The number of phenolic OH excluding ortho intramolecular Hbond substituents is 1. The molecular weight excluding hydrogens is 366 g/mol. The minimum absolute atomic E-state index is 0.133. The van der Waals surface area contributed by atoms with E-state index in [1.807, 2.05) is 36.4 Å². The number of hydrogen-bond acceptors (Lipinski definition) is 4. The highest BCUT2D eigenvalue weighted by Crippen LogP contribution is 2.19. The summed E-state index contributed by atoms with van der Waals surface area (Å²) in [6.45, 7) is 0. The quantitative estimate of drug-likeness (QED) is 0.681. The minimum Gasteiger partial charge on any atom is -0.508 e. The molecule has 2 amide bonds. The molecule has 4 rings (SSSR count). The molecule has 1 heterocycles. The number of aromatic hydroxyl groups is 1. The van der Waals surface area contributed by atoms with Crippen LogP contribution in [0.3, 0.4) is 0 Å². The number of phenols is 1. The summed E-state index contributed by atoms with van der Waals surface area (Å²) in [5.41, 5.74) is 4.62. The molecule has 0 saturated heterocycles. The monoisotopic (exact) mass is 383 g/mol. The number of amidine groups is 1. The Morgan fingerprint density at radius 3 is 2.17 bits per heavy atom. The lowest BCUT2D eigenvalue weighted by molar-refractivity contribution is -0.120. The minimum atomic E-state index is -0.498. The Balaban J connectivity index is 1.78. The highest BCUT2D eigenvalue weighted by atomic mass is 16.3. The average molecular weight is 383 g/mol. The van der Waals surface area contributed by atoms with Gasteiger partial charge in [-0.15, -0.1) is 0 Å². The predicted octanol–water partition coefficient (Wildman–Crippen LogP) is 3.37. The number of aliphatic imine (C=N–C) groups is 1. The highest BCUT2D eigenvalue weighted by Gasteiger charge is 2.30. The molecule has 0 radical (unpaired) electrons. The zero-order chi connectivity index (χ0) is 20.2. The third-order valence-electron chi connectivity index (χ3n) is 4.34. The van der Waals surface area contributed by atoms with Crippen LogP contribution >= 0.6 is 0 Å². The molecule has 1 aliphatic rings. The van der Waals surface area contributed by atoms with Crippen molar-refractivity contribution in [2.24, 2.45) is 4.99 Å². The summed E-state index contributed by atoms with van der Waals surface area (Å²) in [4.78, 5) is 30.2. The maximum Gasteiger partial charge on any atom is 0.288 e. The van der Waals surface area contributed by atoms with Gasteiger partial charge < -0.3 is 5.11 Å². The second-order valence-electron chi connectivity index (χ2n) is 6.37. The average Bonchev–Trinajstić information content (AvgIpc) is 2.77. The van der Waals surface area contributed by atoms with Crippen molar-refractivity contribution in [2.75, 3.05) is 0 Å². The first-order valence-corrected chi connectivity index (χ1v) is 8.97. The molecule has 3 aromatic carbocycles. The van der Waals surface area contributed by atoms with Crippen LogP contribution in [0.2, 0.25) is 0 Å².